The van der Waals surface area contributed by atoms with Gasteiger partial charge in [-0.25, -0.2) is 0 Å². The zero-order valence-electron chi connectivity index (χ0n) is 12.4. The van der Waals surface area contributed by atoms with Crippen molar-refractivity contribution in [3.8, 4) is 0 Å². The van der Waals surface area contributed by atoms with Crippen molar-refractivity contribution in [1.29, 1.82) is 0 Å². The van der Waals surface area contributed by atoms with Gasteiger partial charge in [0.2, 0.25) is 5.91 Å². The Balaban J connectivity index is 3.81. The number of nitrogens with zero attached hydrogens (tertiary/aromatic N) is 1. The van der Waals surface area contributed by atoms with E-state index in [0.717, 1.165) is 19.4 Å². The molecular weight excluding hydrogens is 212 g/mol. The Hall–Kier alpha value is -0.570. The van der Waals surface area contributed by atoms with Crippen LogP contribution >= 0.6 is 0 Å². The van der Waals surface area contributed by atoms with Crippen LogP contribution in [0.1, 0.15) is 53.9 Å². The largest absolute Gasteiger partial charge is 0.343 e. The van der Waals surface area contributed by atoms with E-state index in [1.54, 1.807) is 0 Å². The van der Waals surface area contributed by atoms with Crippen molar-refractivity contribution in [2.24, 2.45) is 5.92 Å². The predicted molar refractivity (Wildman–Crippen MR) is 74.1 cm³/mol. The van der Waals surface area contributed by atoms with Crippen molar-refractivity contribution in [3.05, 3.63) is 0 Å². The van der Waals surface area contributed by atoms with Crippen molar-refractivity contribution in [3.63, 3.8) is 0 Å². The van der Waals surface area contributed by atoms with Crippen LogP contribution in [0.15, 0.2) is 0 Å². The molecule has 1 N–H and O–H groups in total. The normalized spacial score (nSPS) is 13.2. The van der Waals surface area contributed by atoms with Crippen molar-refractivity contribution >= 4 is 5.91 Å². The molecule has 3 nitrogen and oxygen atoms in total. The van der Waals surface area contributed by atoms with Crippen molar-refractivity contribution in [2.45, 2.75) is 66.0 Å². The van der Waals surface area contributed by atoms with E-state index in [9.17, 15) is 4.79 Å². The molecule has 0 saturated heterocycles. The standard InChI is InChI=1S/C14H30N2O/c1-11(2)10-13(5)16(6)14(17)8-7-9-15-12(3)4/h11-13,15H,7-10H2,1-6H3. The van der Waals surface area contributed by atoms with Crippen molar-refractivity contribution in [2.75, 3.05) is 13.6 Å². The fraction of sp³-hybridized carbons (Fsp3) is 0.929. The molecule has 17 heavy (non-hydrogen) atoms. The van der Waals surface area contributed by atoms with E-state index in [1.807, 2.05) is 11.9 Å². The molecule has 0 radical (unpaired) electrons. The summed E-state index contributed by atoms with van der Waals surface area (Å²) >= 11 is 0. The van der Waals surface area contributed by atoms with E-state index in [2.05, 4.69) is 39.9 Å². The van der Waals surface area contributed by atoms with Crippen LogP contribution in [-0.4, -0.2) is 36.5 Å². The Kier molecular flexibility index (Phi) is 8.23. The maximum Gasteiger partial charge on any atom is 0.222 e. The summed E-state index contributed by atoms with van der Waals surface area (Å²) in [5, 5.41) is 3.33. The first kappa shape index (κ1) is 16.4. The number of hydrogen-bond acceptors (Lipinski definition) is 2. The minimum Gasteiger partial charge on any atom is -0.343 e. The fourth-order valence-corrected chi connectivity index (χ4v) is 1.89. The van der Waals surface area contributed by atoms with Gasteiger partial charge in [-0.3, -0.25) is 4.79 Å². The third kappa shape index (κ3) is 8.19. The van der Waals surface area contributed by atoms with E-state index >= 15 is 0 Å². The second-order valence-electron chi connectivity index (χ2n) is 5.70. The molecule has 0 aliphatic rings. The van der Waals surface area contributed by atoms with Crippen LogP contribution in [0, 0.1) is 5.92 Å². The molecule has 102 valence electrons. The van der Waals surface area contributed by atoms with E-state index in [0.29, 0.717) is 24.4 Å². The summed E-state index contributed by atoms with van der Waals surface area (Å²) in [6, 6.07) is 0.850. The molecular formula is C14H30N2O. The lowest BCUT2D eigenvalue weighted by Gasteiger charge is -2.26. The zero-order chi connectivity index (χ0) is 13.4. The van der Waals surface area contributed by atoms with Crippen LogP contribution < -0.4 is 5.32 Å². The van der Waals surface area contributed by atoms with Crippen molar-refractivity contribution in [1.82, 2.24) is 10.2 Å². The van der Waals surface area contributed by atoms with Crippen LogP contribution in [0.2, 0.25) is 0 Å². The summed E-state index contributed by atoms with van der Waals surface area (Å²) in [6.45, 7) is 11.7. The van der Waals surface area contributed by atoms with Crippen LogP contribution in [0.3, 0.4) is 0 Å². The highest BCUT2D eigenvalue weighted by Crippen LogP contribution is 2.10. The van der Waals surface area contributed by atoms with E-state index < -0.39 is 0 Å². The van der Waals surface area contributed by atoms with Crippen molar-refractivity contribution < 1.29 is 4.79 Å². The first-order chi connectivity index (χ1) is 7.84. The zero-order valence-corrected chi connectivity index (χ0v) is 12.4. The lowest BCUT2D eigenvalue weighted by Crippen LogP contribution is -2.36. The average Bonchev–Trinajstić information content (AvgIpc) is 2.21. The summed E-state index contributed by atoms with van der Waals surface area (Å²) in [5.74, 6) is 0.909. The second kappa shape index (κ2) is 8.51. The smallest absolute Gasteiger partial charge is 0.222 e. The van der Waals surface area contributed by atoms with Gasteiger partial charge in [0, 0.05) is 25.6 Å². The number of carbonyl (C=O) groups is 1. The molecule has 0 heterocycles. The summed E-state index contributed by atoms with van der Waals surface area (Å²) in [5.41, 5.74) is 0. The van der Waals surface area contributed by atoms with Gasteiger partial charge in [0.05, 0.1) is 0 Å². The molecule has 3 heteroatoms. The molecule has 0 rings (SSSR count). The number of amides is 1. The summed E-state index contributed by atoms with van der Waals surface area (Å²) in [7, 11) is 1.92. The van der Waals surface area contributed by atoms with Crippen LogP contribution in [0.4, 0.5) is 0 Å². The molecule has 1 atom stereocenters. The molecule has 0 aliphatic carbocycles. The van der Waals surface area contributed by atoms with Gasteiger partial charge < -0.3 is 10.2 Å². The lowest BCUT2D eigenvalue weighted by atomic mass is 10.0. The number of hydrogen-bond donors (Lipinski definition) is 1. The lowest BCUT2D eigenvalue weighted by molar-refractivity contribution is -0.132. The van der Waals surface area contributed by atoms with Gasteiger partial charge in [-0.1, -0.05) is 27.7 Å². The summed E-state index contributed by atoms with van der Waals surface area (Å²) in [6.07, 6.45) is 2.65. The SMILES string of the molecule is CC(C)CC(C)N(C)C(=O)CCCNC(C)C. The van der Waals surface area contributed by atoms with Crippen LogP contribution in [0.25, 0.3) is 0 Å². The first-order valence-corrected chi connectivity index (χ1v) is 6.83. The number of rotatable bonds is 8. The molecule has 0 fully saturated rings. The molecule has 0 spiro atoms. The summed E-state index contributed by atoms with van der Waals surface area (Å²) < 4.78 is 0. The third-order valence-electron chi connectivity index (χ3n) is 2.99. The minimum atomic E-state index is 0.267. The molecule has 1 unspecified atom stereocenters. The Bertz CT molecular complexity index is 214. The Morgan fingerprint density at radius 2 is 1.76 bits per heavy atom. The van der Waals surface area contributed by atoms with Gasteiger partial charge in [0.15, 0.2) is 0 Å². The molecule has 1 amide bonds. The quantitative estimate of drug-likeness (QED) is 0.664. The van der Waals surface area contributed by atoms with Gasteiger partial charge >= 0.3 is 0 Å². The average molecular weight is 242 g/mol. The first-order valence-electron chi connectivity index (χ1n) is 6.83. The highest BCUT2D eigenvalue weighted by Gasteiger charge is 2.16. The maximum absolute atomic E-state index is 11.9. The molecule has 0 aromatic carbocycles. The predicted octanol–water partition coefficient (Wildman–Crippen LogP) is 2.66. The van der Waals surface area contributed by atoms with Crippen LogP contribution in [0.5, 0.6) is 0 Å². The molecule has 0 aromatic rings. The Morgan fingerprint density at radius 1 is 1.18 bits per heavy atom. The minimum absolute atomic E-state index is 0.267. The van der Waals surface area contributed by atoms with E-state index in [1.165, 1.54) is 0 Å². The van der Waals surface area contributed by atoms with Gasteiger partial charge in [-0.2, -0.15) is 0 Å². The molecule has 0 aromatic heterocycles. The highest BCUT2D eigenvalue weighted by atomic mass is 16.2. The highest BCUT2D eigenvalue weighted by molar-refractivity contribution is 5.76. The van der Waals surface area contributed by atoms with Crippen LogP contribution in [-0.2, 0) is 4.79 Å². The monoisotopic (exact) mass is 242 g/mol. The maximum atomic E-state index is 11.9. The fourth-order valence-electron chi connectivity index (χ4n) is 1.89. The molecule has 0 bridgehead atoms. The third-order valence-corrected chi connectivity index (χ3v) is 2.99. The molecule has 0 aliphatic heterocycles. The number of carbonyl (C=O) groups excluding carboxylic acids is 1. The Labute approximate surface area is 107 Å². The van der Waals surface area contributed by atoms with E-state index in [-0.39, 0.29) is 5.91 Å². The van der Waals surface area contributed by atoms with E-state index in [4.69, 9.17) is 0 Å². The van der Waals surface area contributed by atoms with Gasteiger partial charge in [-0.05, 0) is 32.2 Å². The Morgan fingerprint density at radius 3 is 2.24 bits per heavy atom. The van der Waals surface area contributed by atoms with Gasteiger partial charge in [-0.15, -0.1) is 0 Å². The summed E-state index contributed by atoms with van der Waals surface area (Å²) in [4.78, 5) is 13.8. The van der Waals surface area contributed by atoms with Gasteiger partial charge in [0.1, 0.15) is 0 Å². The topological polar surface area (TPSA) is 32.3 Å². The number of nitrogens with one attached hydrogen (secondary N) is 1. The van der Waals surface area contributed by atoms with Gasteiger partial charge in [0.25, 0.3) is 0 Å². The second-order valence-corrected chi connectivity index (χ2v) is 5.70. The molecule has 0 saturated carbocycles.